The quantitative estimate of drug-likeness (QED) is 0.693. The zero-order valence-corrected chi connectivity index (χ0v) is 16.5. The lowest BCUT2D eigenvalue weighted by Gasteiger charge is -2.31. The fraction of sp³-hybridized carbons (Fsp3) is 0.500. The molecule has 2 aliphatic heterocycles. The molecule has 0 radical (unpaired) electrons. The normalized spacial score (nSPS) is 19.8. The topological polar surface area (TPSA) is 89.1 Å². The number of amides is 2. The molecule has 2 aliphatic rings. The van der Waals surface area contributed by atoms with Crippen molar-refractivity contribution in [3.63, 3.8) is 0 Å². The second-order valence-corrected chi connectivity index (χ2v) is 6.74. The van der Waals surface area contributed by atoms with E-state index in [2.05, 4.69) is 15.5 Å². The van der Waals surface area contributed by atoms with Crippen molar-refractivity contribution >= 4 is 12.0 Å². The van der Waals surface area contributed by atoms with E-state index in [-0.39, 0.29) is 12.6 Å². The monoisotopic (exact) mass is 389 g/mol. The zero-order chi connectivity index (χ0) is 20.1. The molecule has 1 fully saturated rings. The number of nitrogens with one attached hydrogen (secondary N) is 2. The van der Waals surface area contributed by atoms with Crippen LogP contribution in [-0.4, -0.2) is 57.4 Å². The molecule has 1 unspecified atom stereocenters. The maximum absolute atomic E-state index is 12.8. The average molecular weight is 389 g/mol. The third-order valence-corrected chi connectivity index (χ3v) is 4.97. The first-order valence-electron chi connectivity index (χ1n) is 9.49. The number of nitrogens with zero attached hydrogens (tertiary/aromatic N) is 1. The van der Waals surface area contributed by atoms with Gasteiger partial charge in [-0.25, -0.2) is 9.59 Å². The Labute approximate surface area is 164 Å². The van der Waals surface area contributed by atoms with Gasteiger partial charge in [-0.15, -0.1) is 0 Å². The lowest BCUT2D eigenvalue weighted by atomic mass is 9.94. The molecule has 0 bridgehead atoms. The van der Waals surface area contributed by atoms with Crippen molar-refractivity contribution in [2.45, 2.75) is 25.8 Å². The molecule has 0 spiro atoms. The van der Waals surface area contributed by atoms with Gasteiger partial charge in [-0.1, -0.05) is 6.07 Å². The van der Waals surface area contributed by atoms with E-state index >= 15 is 0 Å². The number of likely N-dealkylation sites (tertiary alicyclic amines) is 1. The van der Waals surface area contributed by atoms with Crippen molar-refractivity contribution in [2.24, 2.45) is 0 Å². The summed E-state index contributed by atoms with van der Waals surface area (Å²) in [6.45, 7) is 4.42. The van der Waals surface area contributed by atoms with Gasteiger partial charge >= 0.3 is 12.0 Å². The van der Waals surface area contributed by atoms with Gasteiger partial charge in [0.15, 0.2) is 11.5 Å². The van der Waals surface area contributed by atoms with Crippen LogP contribution in [0.1, 0.15) is 31.4 Å². The second kappa shape index (κ2) is 8.97. The predicted molar refractivity (Wildman–Crippen MR) is 103 cm³/mol. The van der Waals surface area contributed by atoms with Crippen LogP contribution >= 0.6 is 0 Å². The number of rotatable bonds is 7. The van der Waals surface area contributed by atoms with Crippen LogP contribution in [-0.2, 0) is 9.53 Å². The second-order valence-electron chi connectivity index (χ2n) is 6.74. The third kappa shape index (κ3) is 4.22. The fourth-order valence-corrected chi connectivity index (χ4v) is 3.64. The van der Waals surface area contributed by atoms with Crippen molar-refractivity contribution in [2.75, 3.05) is 40.5 Å². The molecule has 2 N–H and O–H groups in total. The van der Waals surface area contributed by atoms with Crippen LogP contribution in [0.3, 0.4) is 0 Å². The lowest BCUT2D eigenvalue weighted by molar-refractivity contribution is -0.139. The van der Waals surface area contributed by atoms with Gasteiger partial charge in [-0.2, -0.15) is 0 Å². The number of esters is 1. The van der Waals surface area contributed by atoms with Crippen molar-refractivity contribution in [3.8, 4) is 11.5 Å². The van der Waals surface area contributed by atoms with E-state index in [4.69, 9.17) is 14.2 Å². The maximum Gasteiger partial charge on any atom is 0.338 e. The predicted octanol–water partition coefficient (Wildman–Crippen LogP) is 1.97. The molecule has 0 aromatic heterocycles. The van der Waals surface area contributed by atoms with Crippen molar-refractivity contribution < 1.29 is 23.8 Å². The van der Waals surface area contributed by atoms with Gasteiger partial charge in [0.1, 0.15) is 0 Å². The molecule has 2 amide bonds. The standard InChI is InChI=1S/C20H27N3O5/c1-4-28-19(24)17-14(12-23-9-5-6-10-23)21-20(25)22-18(17)13-7-8-15(26-2)16(11-13)27-3/h7-8,11,18H,4-6,9-10,12H2,1-3H3,(H2,21,22,25). The van der Waals surface area contributed by atoms with E-state index in [1.807, 2.05) is 6.07 Å². The van der Waals surface area contributed by atoms with Crippen molar-refractivity contribution in [1.82, 2.24) is 15.5 Å². The molecule has 8 nitrogen and oxygen atoms in total. The van der Waals surface area contributed by atoms with Crippen LogP contribution in [0.4, 0.5) is 4.79 Å². The molecule has 28 heavy (non-hydrogen) atoms. The molecule has 2 heterocycles. The summed E-state index contributed by atoms with van der Waals surface area (Å²) >= 11 is 0. The molecule has 1 aromatic carbocycles. The van der Waals surface area contributed by atoms with Crippen LogP contribution in [0, 0.1) is 0 Å². The molecular weight excluding hydrogens is 362 g/mol. The molecular formula is C20H27N3O5. The van der Waals surface area contributed by atoms with Gasteiger partial charge in [0.25, 0.3) is 0 Å². The first-order valence-corrected chi connectivity index (χ1v) is 9.49. The Kier molecular flexibility index (Phi) is 6.41. The molecule has 3 rings (SSSR count). The largest absolute Gasteiger partial charge is 0.493 e. The van der Waals surface area contributed by atoms with Crippen LogP contribution in [0.5, 0.6) is 11.5 Å². The number of hydrogen-bond acceptors (Lipinski definition) is 6. The molecule has 1 aromatic rings. The van der Waals surface area contributed by atoms with Crippen LogP contribution in [0.15, 0.2) is 29.5 Å². The molecule has 1 saturated heterocycles. The minimum Gasteiger partial charge on any atom is -0.493 e. The van der Waals surface area contributed by atoms with Gasteiger partial charge < -0.3 is 24.8 Å². The minimum absolute atomic E-state index is 0.256. The van der Waals surface area contributed by atoms with E-state index in [9.17, 15) is 9.59 Å². The lowest BCUT2D eigenvalue weighted by Crippen LogP contribution is -2.48. The Morgan fingerprint density at radius 1 is 1.18 bits per heavy atom. The maximum atomic E-state index is 12.8. The Bertz CT molecular complexity index is 771. The van der Waals surface area contributed by atoms with E-state index in [0.29, 0.717) is 29.3 Å². The summed E-state index contributed by atoms with van der Waals surface area (Å²) < 4.78 is 16.0. The van der Waals surface area contributed by atoms with Crippen LogP contribution < -0.4 is 20.1 Å². The highest BCUT2D eigenvalue weighted by molar-refractivity contribution is 5.95. The number of hydrogen-bond donors (Lipinski definition) is 2. The molecule has 1 atom stereocenters. The van der Waals surface area contributed by atoms with Gasteiger partial charge in [-0.3, -0.25) is 4.90 Å². The highest BCUT2D eigenvalue weighted by atomic mass is 16.5. The number of urea groups is 1. The molecule has 152 valence electrons. The first-order chi connectivity index (χ1) is 13.6. The van der Waals surface area contributed by atoms with E-state index in [1.54, 1.807) is 33.3 Å². The number of carbonyl (C=O) groups is 2. The minimum atomic E-state index is -0.634. The summed E-state index contributed by atoms with van der Waals surface area (Å²) in [5, 5.41) is 5.66. The van der Waals surface area contributed by atoms with Crippen molar-refractivity contribution in [1.29, 1.82) is 0 Å². The summed E-state index contributed by atoms with van der Waals surface area (Å²) in [5.74, 6) is 0.659. The smallest absolute Gasteiger partial charge is 0.338 e. The SMILES string of the molecule is CCOC(=O)C1=C(CN2CCCC2)NC(=O)NC1c1ccc(OC)c(OC)c1. The molecule has 0 aliphatic carbocycles. The summed E-state index contributed by atoms with van der Waals surface area (Å²) in [7, 11) is 3.10. The summed E-state index contributed by atoms with van der Waals surface area (Å²) in [6, 6.07) is 4.35. The van der Waals surface area contributed by atoms with E-state index in [0.717, 1.165) is 31.5 Å². The number of methoxy groups -OCH3 is 2. The first kappa shape index (κ1) is 20.0. The molecule has 8 heteroatoms. The van der Waals surface area contributed by atoms with Gasteiger partial charge in [0.2, 0.25) is 0 Å². The zero-order valence-electron chi connectivity index (χ0n) is 16.5. The fourth-order valence-electron chi connectivity index (χ4n) is 3.64. The van der Waals surface area contributed by atoms with Gasteiger partial charge in [-0.05, 0) is 50.6 Å². The number of benzene rings is 1. The molecule has 0 saturated carbocycles. The van der Waals surface area contributed by atoms with Crippen molar-refractivity contribution in [3.05, 3.63) is 35.0 Å². The Morgan fingerprint density at radius 2 is 1.89 bits per heavy atom. The average Bonchev–Trinajstić information content (AvgIpc) is 3.20. The summed E-state index contributed by atoms with van der Waals surface area (Å²) in [4.78, 5) is 27.4. The summed E-state index contributed by atoms with van der Waals surface area (Å²) in [5.41, 5.74) is 1.72. The highest BCUT2D eigenvalue weighted by Gasteiger charge is 2.35. The number of ether oxygens (including phenoxy) is 3. The van der Waals surface area contributed by atoms with Gasteiger partial charge in [0, 0.05) is 12.2 Å². The third-order valence-electron chi connectivity index (χ3n) is 4.97. The van der Waals surface area contributed by atoms with E-state index in [1.165, 1.54) is 0 Å². The Hall–Kier alpha value is -2.74. The summed E-state index contributed by atoms with van der Waals surface area (Å²) in [6.07, 6.45) is 2.24. The van der Waals surface area contributed by atoms with Crippen LogP contribution in [0.25, 0.3) is 0 Å². The highest BCUT2D eigenvalue weighted by Crippen LogP contribution is 2.34. The Balaban J connectivity index is 2.03. The number of carbonyl (C=O) groups excluding carboxylic acids is 2. The Morgan fingerprint density at radius 3 is 2.54 bits per heavy atom. The van der Waals surface area contributed by atoms with E-state index < -0.39 is 12.0 Å². The van der Waals surface area contributed by atoms with Crippen LogP contribution in [0.2, 0.25) is 0 Å². The van der Waals surface area contributed by atoms with Gasteiger partial charge in [0.05, 0.1) is 32.4 Å².